The van der Waals surface area contributed by atoms with Gasteiger partial charge in [0.1, 0.15) is 0 Å². The summed E-state index contributed by atoms with van der Waals surface area (Å²) < 4.78 is 54.3. The van der Waals surface area contributed by atoms with Gasteiger partial charge in [0, 0.05) is 18.1 Å². The fraction of sp³-hybridized carbons (Fsp3) is 0.294. The van der Waals surface area contributed by atoms with Crippen LogP contribution in [0.25, 0.3) is 0 Å². The lowest BCUT2D eigenvalue weighted by Crippen LogP contribution is -2.30. The molecule has 0 fully saturated rings. The molecule has 9 heteroatoms. The molecule has 2 aromatic carbocycles. The van der Waals surface area contributed by atoms with Crippen molar-refractivity contribution in [2.24, 2.45) is 0 Å². The molecule has 0 aliphatic carbocycles. The summed E-state index contributed by atoms with van der Waals surface area (Å²) in [6.45, 7) is 5.85. The number of rotatable bonds is 7. The number of hydrogen-bond acceptors (Lipinski definition) is 4. The minimum atomic E-state index is -3.89. The summed E-state index contributed by atoms with van der Waals surface area (Å²) in [4.78, 5) is 0.0389. The van der Waals surface area contributed by atoms with Crippen LogP contribution in [0, 0.1) is 6.92 Å². The fourth-order valence-corrected chi connectivity index (χ4v) is 5.33. The van der Waals surface area contributed by atoms with E-state index >= 15 is 0 Å². The molecule has 0 radical (unpaired) electrons. The molecule has 0 aliphatic heterocycles. The lowest BCUT2D eigenvalue weighted by molar-refractivity contribution is 0.445. The molecule has 0 aromatic heterocycles. The van der Waals surface area contributed by atoms with Gasteiger partial charge in [0.05, 0.1) is 15.5 Å². The maximum absolute atomic E-state index is 12.7. The van der Waals surface area contributed by atoms with E-state index in [2.05, 4.69) is 4.72 Å². The van der Waals surface area contributed by atoms with Gasteiger partial charge < -0.3 is 0 Å². The van der Waals surface area contributed by atoms with Crippen molar-refractivity contribution in [2.75, 3.05) is 17.8 Å². The molecular weight excluding hydrogens is 396 g/mol. The summed E-state index contributed by atoms with van der Waals surface area (Å²) in [6.07, 6.45) is 0. The normalized spacial score (nSPS) is 12.3. The Kier molecular flexibility index (Phi) is 6.33. The molecular formula is C17H21ClN2O4S2. The first-order valence-electron chi connectivity index (χ1n) is 8.01. The smallest absolute Gasteiger partial charge is 0.261 e. The van der Waals surface area contributed by atoms with E-state index in [0.717, 1.165) is 0 Å². The highest BCUT2D eigenvalue weighted by Crippen LogP contribution is 2.26. The molecule has 2 rings (SSSR count). The summed E-state index contributed by atoms with van der Waals surface area (Å²) in [5.41, 5.74) is 0.812. The zero-order valence-corrected chi connectivity index (χ0v) is 17.1. The Hall–Kier alpha value is -1.61. The first kappa shape index (κ1) is 20.7. The van der Waals surface area contributed by atoms with Crippen molar-refractivity contribution in [3.05, 3.63) is 53.1 Å². The van der Waals surface area contributed by atoms with Gasteiger partial charge in [-0.25, -0.2) is 16.8 Å². The van der Waals surface area contributed by atoms with Crippen molar-refractivity contribution in [1.82, 2.24) is 4.31 Å². The predicted octanol–water partition coefficient (Wildman–Crippen LogP) is 3.48. The third-order valence-electron chi connectivity index (χ3n) is 3.90. The van der Waals surface area contributed by atoms with E-state index in [0.29, 0.717) is 23.7 Å². The molecule has 1 N–H and O–H groups in total. The molecule has 142 valence electrons. The topological polar surface area (TPSA) is 83.6 Å². The number of nitrogens with one attached hydrogen (secondary N) is 1. The summed E-state index contributed by atoms with van der Waals surface area (Å²) in [5.74, 6) is 0. The first-order chi connectivity index (χ1) is 12.1. The van der Waals surface area contributed by atoms with Crippen molar-refractivity contribution in [1.29, 1.82) is 0 Å². The number of halogens is 1. The summed E-state index contributed by atoms with van der Waals surface area (Å²) >= 11 is 5.86. The Morgan fingerprint density at radius 2 is 1.62 bits per heavy atom. The minimum absolute atomic E-state index is 0.00130. The SMILES string of the molecule is CCN(CC)S(=O)(=O)c1ccc(C)c(NS(=O)(=O)c2cccc(Cl)c2)c1. The van der Waals surface area contributed by atoms with Crippen molar-refractivity contribution in [2.45, 2.75) is 30.6 Å². The first-order valence-corrected chi connectivity index (χ1v) is 11.3. The molecule has 6 nitrogen and oxygen atoms in total. The maximum atomic E-state index is 12.7. The largest absolute Gasteiger partial charge is 0.279 e. The number of hydrogen-bond donors (Lipinski definition) is 1. The van der Waals surface area contributed by atoms with Crippen LogP contribution >= 0.6 is 11.6 Å². The molecule has 0 unspecified atom stereocenters. The van der Waals surface area contributed by atoms with E-state index in [1.54, 1.807) is 32.9 Å². The minimum Gasteiger partial charge on any atom is -0.279 e. The summed E-state index contributed by atoms with van der Waals surface area (Å²) in [5, 5.41) is 0.294. The van der Waals surface area contributed by atoms with Crippen LogP contribution in [0.1, 0.15) is 19.4 Å². The van der Waals surface area contributed by atoms with Crippen molar-refractivity contribution in [3.63, 3.8) is 0 Å². The molecule has 0 heterocycles. The van der Waals surface area contributed by atoms with Crippen LogP contribution in [0.4, 0.5) is 5.69 Å². The lowest BCUT2D eigenvalue weighted by atomic mass is 10.2. The monoisotopic (exact) mass is 416 g/mol. The molecule has 0 amide bonds. The van der Waals surface area contributed by atoms with E-state index in [4.69, 9.17) is 11.6 Å². The van der Waals surface area contributed by atoms with E-state index in [9.17, 15) is 16.8 Å². The highest BCUT2D eigenvalue weighted by Gasteiger charge is 2.23. The average molecular weight is 417 g/mol. The second-order valence-electron chi connectivity index (χ2n) is 5.63. The van der Waals surface area contributed by atoms with Gasteiger partial charge in [-0.1, -0.05) is 37.6 Å². The third-order valence-corrected chi connectivity index (χ3v) is 7.55. The number of anilines is 1. The Balaban J connectivity index is 2.45. The third kappa shape index (κ3) is 4.37. The zero-order chi connectivity index (χ0) is 19.5. The molecule has 0 spiro atoms. The van der Waals surface area contributed by atoms with Crippen LogP contribution in [0.15, 0.2) is 52.3 Å². The van der Waals surface area contributed by atoms with Gasteiger partial charge in [0.25, 0.3) is 10.0 Å². The van der Waals surface area contributed by atoms with Crippen molar-refractivity contribution >= 4 is 37.3 Å². The van der Waals surface area contributed by atoms with Gasteiger partial charge in [-0.05, 0) is 42.8 Å². The summed E-state index contributed by atoms with van der Waals surface area (Å²) in [7, 11) is -7.58. The Morgan fingerprint density at radius 1 is 0.962 bits per heavy atom. The van der Waals surface area contributed by atoms with E-state index in [1.807, 2.05) is 0 Å². The number of sulfonamides is 2. The zero-order valence-electron chi connectivity index (χ0n) is 14.7. The van der Waals surface area contributed by atoms with Crippen LogP contribution in [0.5, 0.6) is 0 Å². The lowest BCUT2D eigenvalue weighted by Gasteiger charge is -2.19. The van der Waals surface area contributed by atoms with Crippen LogP contribution in [-0.4, -0.2) is 34.2 Å². The van der Waals surface area contributed by atoms with Crippen LogP contribution in [0.2, 0.25) is 5.02 Å². The van der Waals surface area contributed by atoms with Crippen LogP contribution in [0.3, 0.4) is 0 Å². The van der Waals surface area contributed by atoms with Gasteiger partial charge in [0.15, 0.2) is 0 Å². The molecule has 0 atom stereocenters. The standard InChI is InChI=1S/C17H21ClN2O4S2/c1-4-20(5-2)26(23,24)16-10-9-13(3)17(12-16)19-25(21,22)15-8-6-7-14(18)11-15/h6-12,19H,4-5H2,1-3H3. The Bertz CT molecular complexity index is 1000. The maximum Gasteiger partial charge on any atom is 0.261 e. The molecule has 2 aromatic rings. The Morgan fingerprint density at radius 3 is 2.19 bits per heavy atom. The quantitative estimate of drug-likeness (QED) is 0.748. The molecule has 0 bridgehead atoms. The van der Waals surface area contributed by atoms with Gasteiger partial charge in [0.2, 0.25) is 10.0 Å². The van der Waals surface area contributed by atoms with Crippen molar-refractivity contribution in [3.8, 4) is 0 Å². The number of aryl methyl sites for hydroxylation is 1. The van der Waals surface area contributed by atoms with E-state index < -0.39 is 20.0 Å². The molecule has 0 aliphatic rings. The fourth-order valence-electron chi connectivity index (χ4n) is 2.42. The highest BCUT2D eigenvalue weighted by molar-refractivity contribution is 7.92. The van der Waals surface area contributed by atoms with E-state index in [1.165, 1.54) is 34.6 Å². The molecule has 26 heavy (non-hydrogen) atoms. The molecule has 0 saturated heterocycles. The van der Waals surface area contributed by atoms with Crippen LogP contribution in [-0.2, 0) is 20.0 Å². The Labute approximate surface area is 159 Å². The second kappa shape index (κ2) is 7.96. The average Bonchev–Trinajstić information content (AvgIpc) is 2.57. The van der Waals surface area contributed by atoms with E-state index in [-0.39, 0.29) is 15.5 Å². The van der Waals surface area contributed by atoms with Crippen LogP contribution < -0.4 is 4.72 Å². The molecule has 0 saturated carbocycles. The van der Waals surface area contributed by atoms with Gasteiger partial charge in [-0.15, -0.1) is 0 Å². The van der Waals surface area contributed by atoms with Gasteiger partial charge >= 0.3 is 0 Å². The van der Waals surface area contributed by atoms with Crippen molar-refractivity contribution < 1.29 is 16.8 Å². The summed E-state index contributed by atoms with van der Waals surface area (Å²) in [6, 6.07) is 10.2. The second-order valence-corrected chi connectivity index (χ2v) is 9.69. The number of nitrogens with zero attached hydrogens (tertiary/aromatic N) is 1. The van der Waals surface area contributed by atoms with Gasteiger partial charge in [-0.3, -0.25) is 4.72 Å². The predicted molar refractivity (Wildman–Crippen MR) is 104 cm³/mol. The highest BCUT2D eigenvalue weighted by atomic mass is 35.5. The van der Waals surface area contributed by atoms with Gasteiger partial charge in [-0.2, -0.15) is 4.31 Å². The number of benzene rings is 2.